The van der Waals surface area contributed by atoms with Gasteiger partial charge in [0.2, 0.25) is 5.88 Å². The maximum absolute atomic E-state index is 11.9. The molecule has 2 aromatic rings. The summed E-state index contributed by atoms with van der Waals surface area (Å²) in [5.41, 5.74) is 1.91. The topological polar surface area (TPSA) is 60.5 Å². The monoisotopic (exact) mass is 314 g/mol. The summed E-state index contributed by atoms with van der Waals surface area (Å²) >= 11 is 0. The third-order valence-electron chi connectivity index (χ3n) is 3.32. The van der Waals surface area contributed by atoms with E-state index in [9.17, 15) is 4.79 Å². The summed E-state index contributed by atoms with van der Waals surface area (Å²) in [4.78, 5) is 15.9. The molecule has 0 saturated heterocycles. The van der Waals surface area contributed by atoms with Crippen molar-refractivity contribution in [3.63, 3.8) is 0 Å². The molecule has 5 nitrogen and oxygen atoms in total. The fourth-order valence-electron chi connectivity index (χ4n) is 1.97. The quantitative estimate of drug-likeness (QED) is 0.919. The SMILES string of the molecule is COc1ccc(NC(=O)COc2ccc(C(C)(C)C)cc2)cn1. The molecule has 0 spiro atoms. The maximum atomic E-state index is 11.9. The first-order valence-corrected chi connectivity index (χ1v) is 7.42. The van der Waals surface area contributed by atoms with Crippen LogP contribution in [0.3, 0.4) is 0 Å². The molecule has 23 heavy (non-hydrogen) atoms. The largest absolute Gasteiger partial charge is 0.484 e. The lowest BCUT2D eigenvalue weighted by molar-refractivity contribution is -0.118. The van der Waals surface area contributed by atoms with Crippen LogP contribution in [0.4, 0.5) is 5.69 Å². The lowest BCUT2D eigenvalue weighted by Gasteiger charge is -2.19. The van der Waals surface area contributed by atoms with Crippen LogP contribution < -0.4 is 14.8 Å². The molecule has 5 heteroatoms. The number of pyridine rings is 1. The number of ether oxygens (including phenoxy) is 2. The smallest absolute Gasteiger partial charge is 0.262 e. The van der Waals surface area contributed by atoms with Gasteiger partial charge in [-0.05, 0) is 29.2 Å². The molecule has 0 saturated carbocycles. The number of benzene rings is 1. The van der Waals surface area contributed by atoms with Crippen molar-refractivity contribution in [1.29, 1.82) is 0 Å². The van der Waals surface area contributed by atoms with Crippen molar-refractivity contribution in [2.45, 2.75) is 26.2 Å². The van der Waals surface area contributed by atoms with Crippen LogP contribution in [0.15, 0.2) is 42.6 Å². The van der Waals surface area contributed by atoms with Gasteiger partial charge in [-0.1, -0.05) is 32.9 Å². The Labute approximate surface area is 136 Å². The highest BCUT2D eigenvalue weighted by molar-refractivity contribution is 5.91. The Morgan fingerprint density at radius 3 is 2.35 bits per heavy atom. The van der Waals surface area contributed by atoms with Gasteiger partial charge in [0.25, 0.3) is 5.91 Å². The van der Waals surface area contributed by atoms with E-state index in [1.54, 1.807) is 19.2 Å². The Hall–Kier alpha value is -2.56. The van der Waals surface area contributed by atoms with Gasteiger partial charge >= 0.3 is 0 Å². The van der Waals surface area contributed by atoms with Crippen LogP contribution in [-0.4, -0.2) is 24.6 Å². The molecular weight excluding hydrogens is 292 g/mol. The van der Waals surface area contributed by atoms with Gasteiger partial charge in [0.05, 0.1) is 19.0 Å². The fraction of sp³-hybridized carbons (Fsp3) is 0.333. The molecule has 0 aliphatic heterocycles. The van der Waals surface area contributed by atoms with Gasteiger partial charge in [-0.25, -0.2) is 4.98 Å². The van der Waals surface area contributed by atoms with E-state index in [0.717, 1.165) is 0 Å². The van der Waals surface area contributed by atoms with E-state index in [0.29, 0.717) is 17.3 Å². The second-order valence-corrected chi connectivity index (χ2v) is 6.20. The van der Waals surface area contributed by atoms with Gasteiger partial charge in [-0.2, -0.15) is 0 Å². The van der Waals surface area contributed by atoms with Crippen LogP contribution in [0.25, 0.3) is 0 Å². The third-order valence-corrected chi connectivity index (χ3v) is 3.32. The number of anilines is 1. The molecule has 1 aromatic carbocycles. The molecular formula is C18H22N2O3. The summed E-state index contributed by atoms with van der Waals surface area (Å²) in [6.45, 7) is 6.40. The molecule has 0 aliphatic carbocycles. The van der Waals surface area contributed by atoms with Crippen LogP contribution in [0.2, 0.25) is 0 Å². The molecule has 1 heterocycles. The lowest BCUT2D eigenvalue weighted by Crippen LogP contribution is -2.20. The highest BCUT2D eigenvalue weighted by Gasteiger charge is 2.13. The zero-order valence-corrected chi connectivity index (χ0v) is 13.9. The molecule has 1 amide bonds. The van der Waals surface area contributed by atoms with Crippen LogP contribution in [0, 0.1) is 0 Å². The van der Waals surface area contributed by atoms with Crippen LogP contribution in [0.1, 0.15) is 26.3 Å². The molecule has 0 unspecified atom stereocenters. The lowest BCUT2D eigenvalue weighted by atomic mass is 9.87. The zero-order valence-electron chi connectivity index (χ0n) is 13.9. The number of aromatic nitrogens is 1. The van der Waals surface area contributed by atoms with E-state index in [2.05, 4.69) is 31.1 Å². The number of carbonyl (C=O) groups is 1. The Bertz CT molecular complexity index is 643. The molecule has 122 valence electrons. The van der Waals surface area contributed by atoms with Gasteiger partial charge in [-0.3, -0.25) is 4.79 Å². The summed E-state index contributed by atoms with van der Waals surface area (Å²) in [6.07, 6.45) is 1.54. The Balaban J connectivity index is 1.86. The van der Waals surface area contributed by atoms with Crippen molar-refractivity contribution in [3.05, 3.63) is 48.2 Å². The van der Waals surface area contributed by atoms with Crippen molar-refractivity contribution in [1.82, 2.24) is 4.98 Å². The van der Waals surface area contributed by atoms with E-state index < -0.39 is 0 Å². The predicted molar refractivity (Wildman–Crippen MR) is 90.1 cm³/mol. The molecule has 2 rings (SSSR count). The van der Waals surface area contributed by atoms with E-state index in [1.807, 2.05) is 24.3 Å². The molecule has 1 aromatic heterocycles. The molecule has 0 bridgehead atoms. The first-order chi connectivity index (χ1) is 10.9. The molecule has 0 atom stereocenters. The van der Waals surface area contributed by atoms with Crippen molar-refractivity contribution in [2.24, 2.45) is 0 Å². The van der Waals surface area contributed by atoms with Gasteiger partial charge in [0.15, 0.2) is 6.61 Å². The fourth-order valence-corrected chi connectivity index (χ4v) is 1.97. The van der Waals surface area contributed by atoms with Crippen molar-refractivity contribution >= 4 is 11.6 Å². The summed E-state index contributed by atoms with van der Waals surface area (Å²) in [5.74, 6) is 0.927. The Kier molecular flexibility index (Phi) is 5.21. The van der Waals surface area contributed by atoms with E-state index >= 15 is 0 Å². The van der Waals surface area contributed by atoms with Crippen LogP contribution >= 0.6 is 0 Å². The third kappa shape index (κ3) is 4.98. The molecule has 0 aliphatic rings. The molecule has 0 fully saturated rings. The van der Waals surface area contributed by atoms with Crippen LogP contribution in [0.5, 0.6) is 11.6 Å². The standard InChI is InChI=1S/C18H22N2O3/c1-18(2,3)13-5-8-15(9-6-13)23-12-16(21)20-14-7-10-17(22-4)19-11-14/h5-11H,12H2,1-4H3,(H,20,21). The number of nitrogens with one attached hydrogen (secondary N) is 1. The summed E-state index contributed by atoms with van der Waals surface area (Å²) in [6, 6.07) is 11.2. The van der Waals surface area contributed by atoms with Gasteiger partial charge < -0.3 is 14.8 Å². The Morgan fingerprint density at radius 1 is 1.13 bits per heavy atom. The molecule has 1 N–H and O–H groups in total. The van der Waals surface area contributed by atoms with Crippen molar-refractivity contribution in [2.75, 3.05) is 19.0 Å². The second kappa shape index (κ2) is 7.13. The summed E-state index contributed by atoms with van der Waals surface area (Å²) < 4.78 is 10.5. The van der Waals surface area contributed by atoms with E-state index in [1.165, 1.54) is 11.8 Å². The first-order valence-electron chi connectivity index (χ1n) is 7.42. The summed E-state index contributed by atoms with van der Waals surface area (Å²) in [5, 5.41) is 2.72. The zero-order chi connectivity index (χ0) is 16.9. The minimum absolute atomic E-state index is 0.0547. The minimum Gasteiger partial charge on any atom is -0.484 e. The average molecular weight is 314 g/mol. The number of nitrogens with zero attached hydrogens (tertiary/aromatic N) is 1. The predicted octanol–water partition coefficient (Wildman–Crippen LogP) is 3.41. The minimum atomic E-state index is -0.239. The molecule has 0 radical (unpaired) electrons. The summed E-state index contributed by atoms with van der Waals surface area (Å²) in [7, 11) is 1.54. The van der Waals surface area contributed by atoms with E-state index in [4.69, 9.17) is 9.47 Å². The van der Waals surface area contributed by atoms with Crippen molar-refractivity contribution in [3.8, 4) is 11.6 Å². The second-order valence-electron chi connectivity index (χ2n) is 6.20. The number of hydrogen-bond acceptors (Lipinski definition) is 4. The normalized spacial score (nSPS) is 11.0. The van der Waals surface area contributed by atoms with Gasteiger partial charge in [0.1, 0.15) is 5.75 Å². The number of rotatable bonds is 5. The highest BCUT2D eigenvalue weighted by atomic mass is 16.5. The average Bonchev–Trinajstić information content (AvgIpc) is 2.53. The number of methoxy groups -OCH3 is 1. The maximum Gasteiger partial charge on any atom is 0.262 e. The first kappa shape index (κ1) is 16.8. The number of carbonyl (C=O) groups excluding carboxylic acids is 1. The van der Waals surface area contributed by atoms with Crippen LogP contribution in [-0.2, 0) is 10.2 Å². The van der Waals surface area contributed by atoms with E-state index in [-0.39, 0.29) is 17.9 Å². The van der Waals surface area contributed by atoms with Gasteiger partial charge in [-0.15, -0.1) is 0 Å². The highest BCUT2D eigenvalue weighted by Crippen LogP contribution is 2.24. The number of amides is 1. The van der Waals surface area contributed by atoms with Gasteiger partial charge in [0, 0.05) is 6.07 Å². The number of hydrogen-bond donors (Lipinski definition) is 1. The Morgan fingerprint density at radius 2 is 1.83 bits per heavy atom. The van der Waals surface area contributed by atoms with Crippen molar-refractivity contribution < 1.29 is 14.3 Å².